The Morgan fingerprint density at radius 2 is 1.67 bits per heavy atom. The van der Waals surface area contributed by atoms with Crippen molar-refractivity contribution in [1.29, 1.82) is 0 Å². The van der Waals surface area contributed by atoms with Crippen molar-refractivity contribution in [2.75, 3.05) is 6.54 Å². The maximum atomic E-state index is 13.1. The van der Waals surface area contributed by atoms with E-state index in [0.717, 1.165) is 11.3 Å². The third-order valence-electron chi connectivity index (χ3n) is 2.79. The molecule has 1 N–H and O–H groups in total. The molecular formula is C19H28FNO3. The van der Waals surface area contributed by atoms with E-state index in [-0.39, 0.29) is 12.1 Å². The van der Waals surface area contributed by atoms with Gasteiger partial charge < -0.3 is 14.8 Å². The Morgan fingerprint density at radius 1 is 1.08 bits per heavy atom. The lowest BCUT2D eigenvalue weighted by atomic mass is 10.1. The van der Waals surface area contributed by atoms with E-state index in [1.54, 1.807) is 20.8 Å². The van der Waals surface area contributed by atoms with Crippen LogP contribution < -0.4 is 10.1 Å². The van der Waals surface area contributed by atoms with Gasteiger partial charge in [0.25, 0.3) is 0 Å². The summed E-state index contributed by atoms with van der Waals surface area (Å²) in [7, 11) is 0. The molecule has 0 fully saturated rings. The van der Waals surface area contributed by atoms with E-state index in [9.17, 15) is 9.18 Å². The Labute approximate surface area is 144 Å². The van der Waals surface area contributed by atoms with Crippen molar-refractivity contribution < 1.29 is 18.7 Å². The van der Waals surface area contributed by atoms with Gasteiger partial charge in [0.05, 0.1) is 6.33 Å². The van der Waals surface area contributed by atoms with Crippen molar-refractivity contribution in [1.82, 2.24) is 5.32 Å². The zero-order valence-electron chi connectivity index (χ0n) is 15.4. The summed E-state index contributed by atoms with van der Waals surface area (Å²) < 4.78 is 23.9. The second kappa shape index (κ2) is 8.18. The summed E-state index contributed by atoms with van der Waals surface area (Å²) in [4.78, 5) is 11.6. The molecule has 24 heavy (non-hydrogen) atoms. The number of carbonyl (C=O) groups is 1. The normalized spacial score (nSPS) is 12.7. The highest BCUT2D eigenvalue weighted by Gasteiger charge is 2.16. The molecule has 1 amide bonds. The predicted molar refractivity (Wildman–Crippen MR) is 94.0 cm³/mol. The predicted octanol–water partition coefficient (Wildman–Crippen LogP) is 4.78. The monoisotopic (exact) mass is 337 g/mol. The van der Waals surface area contributed by atoms with Crippen LogP contribution in [0.25, 0.3) is 0 Å². The summed E-state index contributed by atoms with van der Waals surface area (Å²) >= 11 is 0. The van der Waals surface area contributed by atoms with Crippen LogP contribution in [-0.4, -0.2) is 23.8 Å². The van der Waals surface area contributed by atoms with Gasteiger partial charge in [0.15, 0.2) is 0 Å². The fourth-order valence-corrected chi connectivity index (χ4v) is 1.93. The van der Waals surface area contributed by atoms with Crippen molar-refractivity contribution in [3.05, 3.63) is 41.7 Å². The first-order valence-electron chi connectivity index (χ1n) is 8.01. The minimum absolute atomic E-state index is 0.103. The van der Waals surface area contributed by atoms with Gasteiger partial charge in [-0.1, -0.05) is 12.1 Å². The van der Waals surface area contributed by atoms with Crippen LogP contribution in [0.2, 0.25) is 0 Å². The van der Waals surface area contributed by atoms with E-state index in [2.05, 4.69) is 5.32 Å². The van der Waals surface area contributed by atoms with Crippen LogP contribution in [0.15, 0.2) is 36.2 Å². The molecule has 0 aliphatic rings. The number of hydrogen-bond acceptors (Lipinski definition) is 3. The van der Waals surface area contributed by atoms with Crippen LogP contribution in [0.3, 0.4) is 0 Å². The molecule has 0 aliphatic heterocycles. The number of alkyl carbamates (subject to hydrolysis) is 1. The number of rotatable bonds is 5. The summed E-state index contributed by atoms with van der Waals surface area (Å²) in [6.07, 6.45) is 0.370. The topological polar surface area (TPSA) is 47.6 Å². The zero-order chi connectivity index (χ0) is 18.4. The summed E-state index contributed by atoms with van der Waals surface area (Å²) in [5.41, 5.74) is 0.562. The molecule has 1 aromatic rings. The van der Waals surface area contributed by atoms with Gasteiger partial charge in [-0.2, -0.15) is 0 Å². The lowest BCUT2D eigenvalue weighted by molar-refractivity contribution is 0.0532. The third kappa shape index (κ3) is 8.56. The average Bonchev–Trinajstić information content (AvgIpc) is 2.41. The van der Waals surface area contributed by atoms with Gasteiger partial charge in [-0.15, -0.1) is 0 Å². The van der Waals surface area contributed by atoms with Crippen LogP contribution in [0.1, 0.15) is 47.1 Å². The second-order valence-electron chi connectivity index (χ2n) is 7.66. The summed E-state index contributed by atoms with van der Waals surface area (Å²) in [5.74, 6) is 0.768. The Balaban J connectivity index is 2.55. The van der Waals surface area contributed by atoms with Crippen molar-refractivity contribution >= 4 is 6.09 Å². The standard InChI is InChI=1S/C19H28FNO3/c1-18(2,3)23-16-9-7-14(8-10-16)11-15(12-20)13-21-17(22)24-19(4,5)6/h7-10,12H,11,13H2,1-6H3,(H,21,22). The number of halogens is 1. The van der Waals surface area contributed by atoms with Gasteiger partial charge in [0, 0.05) is 6.54 Å². The highest BCUT2D eigenvalue weighted by molar-refractivity contribution is 5.68. The van der Waals surface area contributed by atoms with Gasteiger partial charge in [-0.05, 0) is 71.2 Å². The first-order valence-corrected chi connectivity index (χ1v) is 8.01. The molecule has 0 heterocycles. The zero-order valence-corrected chi connectivity index (χ0v) is 15.4. The number of benzene rings is 1. The number of nitrogens with one attached hydrogen (secondary N) is 1. The highest BCUT2D eigenvalue weighted by Crippen LogP contribution is 2.19. The summed E-state index contributed by atoms with van der Waals surface area (Å²) in [5, 5.41) is 2.56. The van der Waals surface area contributed by atoms with Gasteiger partial charge >= 0.3 is 6.09 Å². The molecule has 0 spiro atoms. The SMILES string of the molecule is CC(C)(C)OC(=O)NCC(=CF)Cc1ccc(OC(C)(C)C)cc1. The maximum absolute atomic E-state index is 13.1. The van der Waals surface area contributed by atoms with Gasteiger partial charge in [-0.3, -0.25) is 0 Å². The van der Waals surface area contributed by atoms with Gasteiger partial charge in [-0.25, -0.2) is 9.18 Å². The molecule has 0 aromatic heterocycles. The van der Waals surface area contributed by atoms with Gasteiger partial charge in [0.1, 0.15) is 17.0 Å². The minimum Gasteiger partial charge on any atom is -0.488 e. The Bertz CT molecular complexity index is 566. The van der Waals surface area contributed by atoms with Crippen molar-refractivity contribution in [3.63, 3.8) is 0 Å². The van der Waals surface area contributed by atoms with Gasteiger partial charge in [0.2, 0.25) is 0 Å². The molecule has 0 atom stereocenters. The van der Waals surface area contributed by atoms with Crippen LogP contribution in [0.5, 0.6) is 5.75 Å². The van der Waals surface area contributed by atoms with Crippen molar-refractivity contribution in [3.8, 4) is 5.75 Å². The molecule has 134 valence electrons. The third-order valence-corrected chi connectivity index (χ3v) is 2.79. The van der Waals surface area contributed by atoms with Crippen LogP contribution >= 0.6 is 0 Å². The molecule has 0 saturated heterocycles. The summed E-state index contributed by atoms with van der Waals surface area (Å²) in [6, 6.07) is 7.49. The first kappa shape index (κ1) is 20.0. The molecule has 0 saturated carbocycles. The number of carbonyl (C=O) groups excluding carboxylic acids is 1. The van der Waals surface area contributed by atoms with Crippen molar-refractivity contribution in [2.45, 2.75) is 59.2 Å². The average molecular weight is 337 g/mol. The van der Waals surface area contributed by atoms with Crippen LogP contribution in [-0.2, 0) is 11.2 Å². The molecule has 5 heteroatoms. The smallest absolute Gasteiger partial charge is 0.407 e. The summed E-state index contributed by atoms with van der Waals surface area (Å²) in [6.45, 7) is 11.4. The second-order valence-corrected chi connectivity index (χ2v) is 7.66. The van der Waals surface area contributed by atoms with Crippen LogP contribution in [0.4, 0.5) is 9.18 Å². The first-order chi connectivity index (χ1) is 11.0. The quantitative estimate of drug-likeness (QED) is 0.841. The van der Waals surface area contributed by atoms with E-state index in [4.69, 9.17) is 9.47 Å². The van der Waals surface area contributed by atoms with E-state index in [0.29, 0.717) is 18.3 Å². The number of ether oxygens (including phenoxy) is 2. The Morgan fingerprint density at radius 3 is 2.12 bits per heavy atom. The molecular weight excluding hydrogens is 309 g/mol. The largest absolute Gasteiger partial charge is 0.488 e. The number of hydrogen-bond donors (Lipinski definition) is 1. The van der Waals surface area contributed by atoms with E-state index < -0.39 is 11.7 Å². The lowest BCUT2D eigenvalue weighted by Gasteiger charge is -2.21. The Hall–Kier alpha value is -2.04. The minimum atomic E-state index is -0.577. The van der Waals surface area contributed by atoms with E-state index in [1.807, 2.05) is 45.0 Å². The fourth-order valence-electron chi connectivity index (χ4n) is 1.93. The lowest BCUT2D eigenvalue weighted by Crippen LogP contribution is -2.33. The molecule has 1 aromatic carbocycles. The number of amides is 1. The maximum Gasteiger partial charge on any atom is 0.407 e. The molecule has 4 nitrogen and oxygen atoms in total. The van der Waals surface area contributed by atoms with E-state index in [1.165, 1.54) is 0 Å². The molecule has 1 rings (SSSR count). The molecule has 0 radical (unpaired) electrons. The fraction of sp³-hybridized carbons (Fsp3) is 0.526. The molecule has 0 aliphatic carbocycles. The van der Waals surface area contributed by atoms with Crippen molar-refractivity contribution in [2.24, 2.45) is 0 Å². The van der Waals surface area contributed by atoms with E-state index >= 15 is 0 Å². The molecule has 0 bridgehead atoms. The Kier molecular flexibility index (Phi) is 6.81. The molecule has 0 unspecified atom stereocenters. The highest BCUT2D eigenvalue weighted by atomic mass is 19.1. The van der Waals surface area contributed by atoms with Crippen LogP contribution in [0, 0.1) is 0 Å².